The lowest BCUT2D eigenvalue weighted by atomic mass is 10.2. The van der Waals surface area contributed by atoms with Gasteiger partial charge in [-0.1, -0.05) is 23.9 Å². The van der Waals surface area contributed by atoms with Gasteiger partial charge < -0.3 is 18.3 Å². The van der Waals surface area contributed by atoms with Gasteiger partial charge in [-0.2, -0.15) is 0 Å². The van der Waals surface area contributed by atoms with Crippen LogP contribution in [0.2, 0.25) is 0 Å². The van der Waals surface area contributed by atoms with Gasteiger partial charge in [-0.15, -0.1) is 10.2 Å². The molecule has 0 aliphatic rings. The number of hydrogen-bond donors (Lipinski definition) is 0. The molecule has 0 aliphatic heterocycles. The summed E-state index contributed by atoms with van der Waals surface area (Å²) >= 11 is 1.22. The van der Waals surface area contributed by atoms with Gasteiger partial charge in [0.1, 0.15) is 28.2 Å². The van der Waals surface area contributed by atoms with E-state index in [-0.39, 0.29) is 11.6 Å². The van der Waals surface area contributed by atoms with E-state index in [1.165, 1.54) is 18.1 Å². The van der Waals surface area contributed by atoms with Gasteiger partial charge in [0.25, 0.3) is 5.89 Å². The highest BCUT2D eigenvalue weighted by molar-refractivity contribution is 8.00. The van der Waals surface area contributed by atoms with Crippen molar-refractivity contribution in [3.63, 3.8) is 0 Å². The van der Waals surface area contributed by atoms with Crippen molar-refractivity contribution in [2.45, 2.75) is 18.1 Å². The minimum atomic E-state index is -0.700. The third-order valence-electron chi connectivity index (χ3n) is 4.89. The SMILES string of the molecule is COc1ccc(-c2nnc([C@@H](C)OC(=O)CSc3ncnc4c3oc3ccccc34)o2)cc1. The number of rotatable bonds is 7. The second kappa shape index (κ2) is 8.91. The van der Waals surface area contributed by atoms with Crippen molar-refractivity contribution < 1.29 is 23.1 Å². The number of benzene rings is 2. The van der Waals surface area contributed by atoms with Crippen LogP contribution in [-0.2, 0) is 9.53 Å². The molecule has 0 saturated carbocycles. The van der Waals surface area contributed by atoms with E-state index in [4.69, 9.17) is 18.3 Å². The predicted molar refractivity (Wildman–Crippen MR) is 121 cm³/mol. The first-order valence-electron chi connectivity index (χ1n) is 10.0. The van der Waals surface area contributed by atoms with Crippen molar-refractivity contribution >= 4 is 39.8 Å². The summed E-state index contributed by atoms with van der Waals surface area (Å²) in [5.41, 5.74) is 2.71. The first-order valence-corrected chi connectivity index (χ1v) is 11.0. The summed E-state index contributed by atoms with van der Waals surface area (Å²) in [6.07, 6.45) is 0.758. The number of nitrogens with zero attached hydrogens (tertiary/aromatic N) is 4. The monoisotopic (exact) mass is 462 g/mol. The van der Waals surface area contributed by atoms with Gasteiger partial charge in [0.2, 0.25) is 5.89 Å². The molecule has 9 nitrogen and oxygen atoms in total. The summed E-state index contributed by atoms with van der Waals surface area (Å²) in [4.78, 5) is 21.0. The van der Waals surface area contributed by atoms with Crippen LogP contribution in [0.4, 0.5) is 0 Å². The number of fused-ring (bicyclic) bond motifs is 3. The summed E-state index contributed by atoms with van der Waals surface area (Å²) in [5, 5.41) is 9.51. The Morgan fingerprint density at radius 3 is 2.70 bits per heavy atom. The van der Waals surface area contributed by atoms with Gasteiger partial charge in [0.05, 0.1) is 12.9 Å². The fourth-order valence-corrected chi connectivity index (χ4v) is 3.98. The standard InChI is InChI=1S/C23H18N4O5S/c1-13(21-26-27-22(32-21)14-7-9-15(29-2)10-8-14)30-18(28)11-33-23-20-19(24-12-25-23)16-5-3-4-6-17(16)31-20/h3-10,12-13H,11H2,1-2H3/t13-/m1/s1. The highest BCUT2D eigenvalue weighted by Gasteiger charge is 2.20. The first kappa shape index (κ1) is 21.0. The third kappa shape index (κ3) is 4.24. The molecule has 0 saturated heterocycles. The van der Waals surface area contributed by atoms with Crippen molar-refractivity contribution in [1.29, 1.82) is 0 Å². The zero-order valence-electron chi connectivity index (χ0n) is 17.7. The molecule has 10 heteroatoms. The van der Waals surface area contributed by atoms with Crippen LogP contribution in [0.25, 0.3) is 33.5 Å². The molecule has 5 rings (SSSR count). The molecule has 5 aromatic rings. The van der Waals surface area contributed by atoms with Gasteiger partial charge in [0.15, 0.2) is 11.7 Å². The summed E-state index contributed by atoms with van der Waals surface area (Å²) in [5.74, 6) is 0.855. The molecule has 0 unspecified atom stereocenters. The van der Waals surface area contributed by atoms with Crippen LogP contribution in [-0.4, -0.2) is 39.0 Å². The van der Waals surface area contributed by atoms with Crippen LogP contribution in [0.15, 0.2) is 68.7 Å². The first-order chi connectivity index (χ1) is 16.1. The lowest BCUT2D eigenvalue weighted by Gasteiger charge is -2.09. The minimum absolute atomic E-state index is 0.0347. The van der Waals surface area contributed by atoms with Crippen LogP contribution < -0.4 is 4.74 Å². The Bertz CT molecular complexity index is 1430. The Morgan fingerprint density at radius 1 is 1.06 bits per heavy atom. The van der Waals surface area contributed by atoms with Crippen molar-refractivity contribution in [2.24, 2.45) is 0 Å². The van der Waals surface area contributed by atoms with Crippen molar-refractivity contribution in [3.05, 3.63) is 60.7 Å². The van der Waals surface area contributed by atoms with E-state index < -0.39 is 12.1 Å². The lowest BCUT2D eigenvalue weighted by molar-refractivity contribution is -0.146. The average Bonchev–Trinajstić information content (AvgIpc) is 3.48. The number of methoxy groups -OCH3 is 1. The van der Waals surface area contributed by atoms with Crippen LogP contribution in [0.5, 0.6) is 5.75 Å². The molecule has 0 spiro atoms. The molecule has 0 radical (unpaired) electrons. The summed E-state index contributed by atoms with van der Waals surface area (Å²) < 4.78 is 22.2. The maximum Gasteiger partial charge on any atom is 0.317 e. The van der Waals surface area contributed by atoms with E-state index in [1.807, 2.05) is 36.4 Å². The Morgan fingerprint density at radius 2 is 1.88 bits per heavy atom. The lowest BCUT2D eigenvalue weighted by Crippen LogP contribution is -2.11. The number of aromatic nitrogens is 4. The van der Waals surface area contributed by atoms with E-state index >= 15 is 0 Å². The zero-order chi connectivity index (χ0) is 22.8. The molecule has 0 aliphatic carbocycles. The van der Waals surface area contributed by atoms with Gasteiger partial charge in [0, 0.05) is 10.9 Å². The molecule has 2 aromatic carbocycles. The summed E-state index contributed by atoms with van der Waals surface area (Å²) in [6, 6.07) is 14.8. The van der Waals surface area contributed by atoms with Crippen molar-refractivity contribution in [1.82, 2.24) is 20.2 Å². The second-order valence-electron chi connectivity index (χ2n) is 7.05. The van der Waals surface area contributed by atoms with Crippen LogP contribution in [0.3, 0.4) is 0 Å². The van der Waals surface area contributed by atoms with E-state index in [1.54, 1.807) is 26.2 Å². The Hall–Kier alpha value is -3.92. The molecule has 3 heterocycles. The molecule has 0 N–H and O–H groups in total. The molecule has 33 heavy (non-hydrogen) atoms. The third-order valence-corrected chi connectivity index (χ3v) is 5.83. The van der Waals surface area contributed by atoms with E-state index in [9.17, 15) is 4.79 Å². The number of carbonyl (C=O) groups excluding carboxylic acids is 1. The predicted octanol–water partition coefficient (Wildman–Crippen LogP) is 4.83. The summed E-state index contributed by atoms with van der Waals surface area (Å²) in [6.45, 7) is 1.68. The van der Waals surface area contributed by atoms with Crippen LogP contribution >= 0.6 is 11.8 Å². The minimum Gasteiger partial charge on any atom is -0.497 e. The van der Waals surface area contributed by atoms with Gasteiger partial charge in [-0.3, -0.25) is 4.79 Å². The molecular weight excluding hydrogens is 444 g/mol. The normalized spacial score (nSPS) is 12.2. The van der Waals surface area contributed by atoms with E-state index in [0.717, 1.165) is 22.3 Å². The highest BCUT2D eigenvalue weighted by Crippen LogP contribution is 2.32. The average molecular weight is 462 g/mol. The molecule has 1 atom stereocenters. The topological polar surface area (TPSA) is 113 Å². The maximum atomic E-state index is 12.4. The fourth-order valence-electron chi connectivity index (χ4n) is 3.26. The van der Waals surface area contributed by atoms with Crippen LogP contribution in [0, 0.1) is 0 Å². The zero-order valence-corrected chi connectivity index (χ0v) is 18.5. The molecular formula is C23H18N4O5S. The van der Waals surface area contributed by atoms with E-state index in [0.29, 0.717) is 22.0 Å². The molecule has 3 aromatic heterocycles. The number of carbonyl (C=O) groups is 1. The molecule has 0 fully saturated rings. The number of esters is 1. The number of ether oxygens (including phenoxy) is 2. The molecule has 0 amide bonds. The Labute approximate surface area is 192 Å². The van der Waals surface area contributed by atoms with Gasteiger partial charge in [-0.25, -0.2) is 9.97 Å². The second-order valence-corrected chi connectivity index (χ2v) is 8.01. The van der Waals surface area contributed by atoms with E-state index in [2.05, 4.69) is 20.2 Å². The highest BCUT2D eigenvalue weighted by atomic mass is 32.2. The number of furan rings is 1. The molecule has 0 bridgehead atoms. The largest absolute Gasteiger partial charge is 0.497 e. The summed E-state index contributed by atoms with van der Waals surface area (Å²) in [7, 11) is 1.60. The Kier molecular flexibility index (Phi) is 5.66. The maximum absolute atomic E-state index is 12.4. The van der Waals surface area contributed by atoms with Crippen LogP contribution in [0.1, 0.15) is 18.9 Å². The number of hydrogen-bond acceptors (Lipinski definition) is 10. The Balaban J connectivity index is 1.24. The van der Waals surface area contributed by atoms with Gasteiger partial charge in [-0.05, 0) is 43.3 Å². The molecule has 166 valence electrons. The number of thioether (sulfide) groups is 1. The van der Waals surface area contributed by atoms with Gasteiger partial charge >= 0.3 is 5.97 Å². The fraction of sp³-hybridized carbons (Fsp3) is 0.174. The number of para-hydroxylation sites is 1. The quantitative estimate of drug-likeness (QED) is 0.189. The smallest absolute Gasteiger partial charge is 0.317 e. The van der Waals surface area contributed by atoms with Crippen molar-refractivity contribution in [2.75, 3.05) is 12.9 Å². The van der Waals surface area contributed by atoms with Crippen molar-refractivity contribution in [3.8, 4) is 17.2 Å².